The molecule has 11 heteroatoms. The van der Waals surface area contributed by atoms with Crippen LogP contribution in [0.4, 0.5) is 18.9 Å². The molecule has 168 valence electrons. The number of ketones is 1. The summed E-state index contributed by atoms with van der Waals surface area (Å²) in [5, 5.41) is 2.50. The molecule has 0 saturated carbocycles. The first-order valence-electron chi connectivity index (χ1n) is 9.72. The molecule has 2 saturated heterocycles. The molecule has 31 heavy (non-hydrogen) atoms. The first-order valence-corrected chi connectivity index (χ1v) is 9.72. The van der Waals surface area contributed by atoms with Crippen molar-refractivity contribution in [3.63, 3.8) is 0 Å². The van der Waals surface area contributed by atoms with Gasteiger partial charge in [0, 0.05) is 31.9 Å². The zero-order valence-corrected chi connectivity index (χ0v) is 17.1. The summed E-state index contributed by atoms with van der Waals surface area (Å²) in [6.45, 7) is -0.678. The Labute approximate surface area is 177 Å². The van der Waals surface area contributed by atoms with Crippen LogP contribution in [0.25, 0.3) is 0 Å². The summed E-state index contributed by atoms with van der Waals surface area (Å²) in [6.07, 6.45) is -6.09. The molecular weight excluding hydrogens is 417 g/mol. The van der Waals surface area contributed by atoms with Crippen molar-refractivity contribution in [2.45, 2.75) is 31.1 Å². The van der Waals surface area contributed by atoms with Crippen LogP contribution in [0.5, 0.6) is 0 Å². The number of carbonyl (C=O) groups excluding carboxylic acids is 4. The van der Waals surface area contributed by atoms with E-state index >= 15 is 0 Å². The number of halogens is 3. The number of nitrogens with zero attached hydrogens (tertiary/aromatic N) is 3. The summed E-state index contributed by atoms with van der Waals surface area (Å²) in [7, 11) is 3.72. The van der Waals surface area contributed by atoms with Gasteiger partial charge in [-0.1, -0.05) is 0 Å². The highest BCUT2D eigenvalue weighted by atomic mass is 19.4. The van der Waals surface area contributed by atoms with Crippen molar-refractivity contribution in [1.29, 1.82) is 0 Å². The molecule has 8 nitrogen and oxygen atoms in total. The van der Waals surface area contributed by atoms with E-state index in [1.165, 1.54) is 4.90 Å². The van der Waals surface area contributed by atoms with Gasteiger partial charge in [-0.15, -0.1) is 0 Å². The number of Topliss-reactive ketones (excluding diaryl/α,β-unsaturated/α-hetero) is 1. The third-order valence-electron chi connectivity index (χ3n) is 5.46. The van der Waals surface area contributed by atoms with Crippen molar-refractivity contribution >= 4 is 29.2 Å². The lowest BCUT2D eigenvalue weighted by Crippen LogP contribution is -2.47. The number of benzene rings is 1. The summed E-state index contributed by atoms with van der Waals surface area (Å²) in [6, 6.07) is 5.01. The van der Waals surface area contributed by atoms with Crippen molar-refractivity contribution in [1.82, 2.24) is 15.1 Å². The van der Waals surface area contributed by atoms with E-state index in [-0.39, 0.29) is 19.5 Å². The van der Waals surface area contributed by atoms with E-state index in [0.717, 1.165) is 10.6 Å². The number of hydrogen-bond acceptors (Lipinski definition) is 5. The Kier molecular flexibility index (Phi) is 6.23. The van der Waals surface area contributed by atoms with Crippen LogP contribution < -0.4 is 10.2 Å². The molecule has 0 aromatic heterocycles. The number of amides is 3. The maximum absolute atomic E-state index is 12.6. The number of anilines is 1. The number of carbonyl (C=O) groups is 4. The predicted octanol–water partition coefficient (Wildman–Crippen LogP) is 0.816. The Bertz CT molecular complexity index is 885. The second kappa shape index (κ2) is 8.56. The molecule has 1 aromatic rings. The molecule has 2 heterocycles. The minimum absolute atomic E-state index is 0.128. The zero-order valence-electron chi connectivity index (χ0n) is 17.1. The van der Waals surface area contributed by atoms with Crippen LogP contribution >= 0.6 is 0 Å². The van der Waals surface area contributed by atoms with Gasteiger partial charge in [0.15, 0.2) is 5.78 Å². The Balaban J connectivity index is 1.59. The molecule has 0 aliphatic carbocycles. The summed E-state index contributed by atoms with van der Waals surface area (Å²) >= 11 is 0. The molecule has 0 bridgehead atoms. The second-order valence-electron chi connectivity index (χ2n) is 7.79. The molecule has 0 spiro atoms. The maximum atomic E-state index is 12.6. The number of rotatable bonds is 5. The fourth-order valence-corrected chi connectivity index (χ4v) is 3.97. The van der Waals surface area contributed by atoms with Crippen LogP contribution in [0.3, 0.4) is 0 Å². The third-order valence-corrected chi connectivity index (χ3v) is 5.46. The molecule has 0 unspecified atom stereocenters. The standard InChI is InChI=1S/C20H23F3N4O4/c1-25(2)13-5-3-12(4-6-13)19(31)24-10-17(30)26-8-7-14-18(26)15(28)11-27(14)16(29)9-20(21,22)23/h3-6,14,18H,7-11H2,1-2H3,(H,24,31)/t14-,18+/m1/s1. The minimum Gasteiger partial charge on any atom is -0.378 e. The number of hydrogen-bond donors (Lipinski definition) is 1. The Hall–Kier alpha value is -3.11. The molecule has 1 N–H and O–H groups in total. The molecule has 0 radical (unpaired) electrons. The molecule has 3 rings (SSSR count). The minimum atomic E-state index is -4.67. The average molecular weight is 440 g/mol. The van der Waals surface area contributed by atoms with Crippen LogP contribution in [0, 0.1) is 0 Å². The molecule has 2 fully saturated rings. The predicted molar refractivity (Wildman–Crippen MR) is 104 cm³/mol. The fraction of sp³-hybridized carbons (Fsp3) is 0.500. The average Bonchev–Trinajstić information content (AvgIpc) is 3.26. The summed E-state index contributed by atoms with van der Waals surface area (Å²) in [5.74, 6) is -2.63. The quantitative estimate of drug-likeness (QED) is 0.732. The molecule has 1 aromatic carbocycles. The Morgan fingerprint density at radius 2 is 1.74 bits per heavy atom. The van der Waals surface area contributed by atoms with E-state index in [2.05, 4.69) is 5.32 Å². The van der Waals surface area contributed by atoms with E-state index in [0.29, 0.717) is 5.56 Å². The van der Waals surface area contributed by atoms with Crippen molar-refractivity contribution < 1.29 is 32.3 Å². The van der Waals surface area contributed by atoms with Gasteiger partial charge < -0.3 is 20.0 Å². The second-order valence-corrected chi connectivity index (χ2v) is 7.79. The SMILES string of the molecule is CN(C)c1ccc(C(=O)NCC(=O)N2CC[C@@H]3[C@H]2C(=O)CN3C(=O)CC(F)(F)F)cc1. The van der Waals surface area contributed by atoms with Crippen molar-refractivity contribution in [3.05, 3.63) is 29.8 Å². The highest BCUT2D eigenvalue weighted by Gasteiger charge is 2.52. The Morgan fingerprint density at radius 1 is 1.10 bits per heavy atom. The van der Waals surface area contributed by atoms with Gasteiger partial charge in [-0.05, 0) is 30.7 Å². The van der Waals surface area contributed by atoms with E-state index in [1.807, 2.05) is 19.0 Å². The van der Waals surface area contributed by atoms with E-state index in [9.17, 15) is 32.3 Å². The molecule has 2 aliphatic heterocycles. The van der Waals surface area contributed by atoms with E-state index in [1.54, 1.807) is 24.3 Å². The normalized spacial score (nSPS) is 20.6. The molecule has 2 atom stereocenters. The molecule has 3 amide bonds. The van der Waals surface area contributed by atoms with Crippen LogP contribution in [-0.2, 0) is 14.4 Å². The maximum Gasteiger partial charge on any atom is 0.397 e. The van der Waals surface area contributed by atoms with Crippen LogP contribution in [0.2, 0.25) is 0 Å². The van der Waals surface area contributed by atoms with Gasteiger partial charge in [-0.3, -0.25) is 19.2 Å². The number of nitrogens with one attached hydrogen (secondary N) is 1. The van der Waals surface area contributed by atoms with Crippen LogP contribution in [-0.4, -0.2) is 85.3 Å². The topological polar surface area (TPSA) is 90.0 Å². The highest BCUT2D eigenvalue weighted by Crippen LogP contribution is 2.32. The van der Waals surface area contributed by atoms with Crippen LogP contribution in [0.1, 0.15) is 23.2 Å². The Morgan fingerprint density at radius 3 is 2.32 bits per heavy atom. The lowest BCUT2D eigenvalue weighted by Gasteiger charge is -2.24. The third kappa shape index (κ3) is 4.97. The summed E-state index contributed by atoms with van der Waals surface area (Å²) in [4.78, 5) is 53.2. The van der Waals surface area contributed by atoms with Gasteiger partial charge in [0.25, 0.3) is 5.91 Å². The van der Waals surface area contributed by atoms with Gasteiger partial charge in [-0.25, -0.2) is 0 Å². The van der Waals surface area contributed by atoms with Gasteiger partial charge in [0.05, 0.1) is 19.1 Å². The van der Waals surface area contributed by atoms with Crippen molar-refractivity contribution in [2.75, 3.05) is 38.6 Å². The van der Waals surface area contributed by atoms with Gasteiger partial charge in [-0.2, -0.15) is 13.2 Å². The van der Waals surface area contributed by atoms with Crippen molar-refractivity contribution in [2.24, 2.45) is 0 Å². The van der Waals surface area contributed by atoms with Crippen LogP contribution in [0.15, 0.2) is 24.3 Å². The molecule has 2 aliphatic rings. The first kappa shape index (κ1) is 22.6. The lowest BCUT2D eigenvalue weighted by molar-refractivity contribution is -0.162. The largest absolute Gasteiger partial charge is 0.397 e. The summed E-state index contributed by atoms with van der Waals surface area (Å²) < 4.78 is 37.6. The number of fused-ring (bicyclic) bond motifs is 1. The summed E-state index contributed by atoms with van der Waals surface area (Å²) in [5.41, 5.74) is 1.26. The lowest BCUT2D eigenvalue weighted by atomic mass is 10.1. The van der Waals surface area contributed by atoms with E-state index in [4.69, 9.17) is 0 Å². The van der Waals surface area contributed by atoms with Crippen molar-refractivity contribution in [3.8, 4) is 0 Å². The van der Waals surface area contributed by atoms with Gasteiger partial charge in [0.1, 0.15) is 12.5 Å². The zero-order chi connectivity index (χ0) is 22.9. The number of likely N-dealkylation sites (tertiary alicyclic amines) is 2. The fourth-order valence-electron chi connectivity index (χ4n) is 3.97. The molecular formula is C20H23F3N4O4. The number of alkyl halides is 3. The van der Waals surface area contributed by atoms with Gasteiger partial charge in [0.2, 0.25) is 11.8 Å². The highest BCUT2D eigenvalue weighted by molar-refractivity contribution is 5.99. The smallest absolute Gasteiger partial charge is 0.378 e. The van der Waals surface area contributed by atoms with Gasteiger partial charge >= 0.3 is 6.18 Å². The monoisotopic (exact) mass is 440 g/mol. The first-order chi connectivity index (χ1) is 14.5. The van der Waals surface area contributed by atoms with E-state index < -0.39 is 54.7 Å².